The molecule has 1 aliphatic rings. The second-order valence-corrected chi connectivity index (χ2v) is 9.52. The van der Waals surface area contributed by atoms with Gasteiger partial charge in [0.05, 0.1) is 18.2 Å². The van der Waals surface area contributed by atoms with Crippen LogP contribution >= 0.6 is 11.3 Å². The molecule has 1 saturated heterocycles. The van der Waals surface area contributed by atoms with Crippen LogP contribution in [0.3, 0.4) is 0 Å². The SMILES string of the molecule is Cc1cc(C(=O)NC(CN2CCN(C)CC2)c2ccccc2)c(C)n1Cc1cccs1. The van der Waals surface area contributed by atoms with Crippen molar-refractivity contribution in [1.29, 1.82) is 0 Å². The molecule has 1 N–H and O–H groups in total. The molecule has 31 heavy (non-hydrogen) atoms. The molecule has 164 valence electrons. The fraction of sp³-hybridized carbons (Fsp3) is 0.400. The molecule has 0 bridgehead atoms. The zero-order chi connectivity index (χ0) is 21.8. The highest BCUT2D eigenvalue weighted by Crippen LogP contribution is 2.21. The summed E-state index contributed by atoms with van der Waals surface area (Å²) in [5.41, 5.74) is 4.07. The quantitative estimate of drug-likeness (QED) is 0.610. The van der Waals surface area contributed by atoms with Crippen LogP contribution in [0.5, 0.6) is 0 Å². The monoisotopic (exact) mass is 436 g/mol. The number of hydrogen-bond acceptors (Lipinski definition) is 4. The molecular formula is C25H32N4OS. The van der Waals surface area contributed by atoms with E-state index in [-0.39, 0.29) is 11.9 Å². The summed E-state index contributed by atoms with van der Waals surface area (Å²) in [6, 6.07) is 16.6. The fourth-order valence-corrected chi connectivity index (χ4v) is 4.97. The van der Waals surface area contributed by atoms with E-state index in [1.54, 1.807) is 11.3 Å². The number of aryl methyl sites for hydroxylation is 1. The first-order chi connectivity index (χ1) is 15.0. The van der Waals surface area contributed by atoms with Gasteiger partial charge in [-0.3, -0.25) is 9.69 Å². The van der Waals surface area contributed by atoms with E-state index in [4.69, 9.17) is 0 Å². The average Bonchev–Trinajstić information content (AvgIpc) is 3.39. The van der Waals surface area contributed by atoms with Gasteiger partial charge in [0.2, 0.25) is 0 Å². The summed E-state index contributed by atoms with van der Waals surface area (Å²) < 4.78 is 2.23. The maximum atomic E-state index is 13.4. The van der Waals surface area contributed by atoms with Crippen molar-refractivity contribution in [3.8, 4) is 0 Å². The number of likely N-dealkylation sites (N-methyl/N-ethyl adjacent to an activating group) is 1. The van der Waals surface area contributed by atoms with Crippen molar-refractivity contribution >= 4 is 17.2 Å². The van der Waals surface area contributed by atoms with E-state index >= 15 is 0 Å². The smallest absolute Gasteiger partial charge is 0.253 e. The standard InChI is InChI=1S/C25H32N4OS/c1-19-16-23(20(2)29(19)17-22-10-7-15-31-22)25(30)26-24(21-8-5-4-6-9-21)18-28-13-11-27(3)12-14-28/h4-10,15-16,24H,11-14,17-18H2,1-3H3,(H,26,30). The van der Waals surface area contributed by atoms with Gasteiger partial charge >= 0.3 is 0 Å². The van der Waals surface area contributed by atoms with Crippen LogP contribution < -0.4 is 5.32 Å². The summed E-state index contributed by atoms with van der Waals surface area (Å²) in [5, 5.41) is 5.44. The molecule has 1 amide bonds. The number of rotatable bonds is 7. The number of nitrogens with zero attached hydrogens (tertiary/aromatic N) is 3. The predicted molar refractivity (Wildman–Crippen MR) is 128 cm³/mol. The Morgan fingerprint density at radius 1 is 1.06 bits per heavy atom. The maximum Gasteiger partial charge on any atom is 0.253 e. The van der Waals surface area contributed by atoms with Gasteiger partial charge in [-0.25, -0.2) is 0 Å². The largest absolute Gasteiger partial charge is 0.344 e. The molecule has 1 fully saturated rings. The highest BCUT2D eigenvalue weighted by molar-refractivity contribution is 7.09. The Bertz CT molecular complexity index is 988. The van der Waals surface area contributed by atoms with Gasteiger partial charge in [0.15, 0.2) is 0 Å². The Morgan fingerprint density at radius 2 is 1.81 bits per heavy atom. The zero-order valence-electron chi connectivity index (χ0n) is 18.7. The Hall–Kier alpha value is -2.41. The van der Waals surface area contributed by atoms with E-state index in [2.05, 4.69) is 63.3 Å². The Labute approximate surface area is 189 Å². The van der Waals surface area contributed by atoms with Crippen molar-refractivity contribution < 1.29 is 4.79 Å². The Balaban J connectivity index is 1.52. The van der Waals surface area contributed by atoms with Gasteiger partial charge in [-0.05, 0) is 44.0 Å². The first-order valence-corrected chi connectivity index (χ1v) is 11.8. The van der Waals surface area contributed by atoms with E-state index in [9.17, 15) is 4.79 Å². The van der Waals surface area contributed by atoms with Crippen LogP contribution in [0.15, 0.2) is 53.9 Å². The average molecular weight is 437 g/mol. The minimum atomic E-state index is -0.0301. The third-order valence-electron chi connectivity index (χ3n) is 6.26. The molecule has 1 unspecified atom stereocenters. The third kappa shape index (κ3) is 5.26. The first-order valence-electron chi connectivity index (χ1n) is 11.0. The van der Waals surface area contributed by atoms with Gasteiger partial charge in [0.25, 0.3) is 5.91 Å². The minimum absolute atomic E-state index is 0.00788. The lowest BCUT2D eigenvalue weighted by molar-refractivity contribution is 0.0906. The Kier molecular flexibility index (Phi) is 6.90. The normalized spacial score (nSPS) is 16.4. The van der Waals surface area contributed by atoms with Crippen LogP contribution in [0.4, 0.5) is 0 Å². The fourth-order valence-electron chi connectivity index (χ4n) is 4.28. The summed E-state index contributed by atoms with van der Waals surface area (Å²) in [7, 11) is 2.17. The van der Waals surface area contributed by atoms with E-state index in [1.807, 2.05) is 31.2 Å². The number of thiophene rings is 1. The number of benzene rings is 1. The van der Waals surface area contributed by atoms with Crippen LogP contribution in [-0.2, 0) is 6.54 Å². The van der Waals surface area contributed by atoms with Gasteiger partial charge in [0.1, 0.15) is 0 Å². The van der Waals surface area contributed by atoms with Gasteiger partial charge in [-0.2, -0.15) is 0 Å². The van der Waals surface area contributed by atoms with Crippen LogP contribution in [0.25, 0.3) is 0 Å². The predicted octanol–water partition coefficient (Wildman–Crippen LogP) is 3.93. The van der Waals surface area contributed by atoms with E-state index in [1.165, 1.54) is 4.88 Å². The maximum absolute atomic E-state index is 13.4. The van der Waals surface area contributed by atoms with Crippen molar-refractivity contribution in [2.45, 2.75) is 26.4 Å². The number of piperazine rings is 1. The van der Waals surface area contributed by atoms with E-state index < -0.39 is 0 Å². The van der Waals surface area contributed by atoms with Crippen molar-refractivity contribution in [2.75, 3.05) is 39.8 Å². The zero-order valence-corrected chi connectivity index (χ0v) is 19.5. The highest BCUT2D eigenvalue weighted by atomic mass is 32.1. The number of aromatic nitrogens is 1. The first kappa shape index (κ1) is 21.8. The number of nitrogens with one attached hydrogen (secondary N) is 1. The van der Waals surface area contributed by atoms with Crippen molar-refractivity contribution in [3.05, 3.63) is 81.3 Å². The lowest BCUT2D eigenvalue weighted by atomic mass is 10.0. The number of carbonyl (C=O) groups excluding carboxylic acids is 1. The Morgan fingerprint density at radius 3 is 2.48 bits per heavy atom. The van der Waals surface area contributed by atoms with Crippen molar-refractivity contribution in [2.24, 2.45) is 0 Å². The number of hydrogen-bond donors (Lipinski definition) is 1. The second kappa shape index (κ2) is 9.81. The lowest BCUT2D eigenvalue weighted by Crippen LogP contribution is -2.47. The summed E-state index contributed by atoms with van der Waals surface area (Å²) in [6.07, 6.45) is 0. The van der Waals surface area contributed by atoms with Gasteiger partial charge in [-0.1, -0.05) is 36.4 Å². The van der Waals surface area contributed by atoms with Crippen LogP contribution in [0.1, 0.15) is 38.2 Å². The topological polar surface area (TPSA) is 40.5 Å². The molecular weight excluding hydrogens is 404 g/mol. The van der Waals surface area contributed by atoms with Gasteiger partial charge < -0.3 is 14.8 Å². The molecule has 1 aliphatic heterocycles. The lowest BCUT2D eigenvalue weighted by Gasteiger charge is -2.35. The molecule has 4 rings (SSSR count). The highest BCUT2D eigenvalue weighted by Gasteiger charge is 2.23. The molecule has 3 aromatic rings. The molecule has 1 atom stereocenters. The molecule has 0 saturated carbocycles. The van der Waals surface area contributed by atoms with Crippen LogP contribution in [0, 0.1) is 13.8 Å². The molecule has 0 aliphatic carbocycles. The van der Waals surface area contributed by atoms with Gasteiger partial charge in [0, 0.05) is 49.0 Å². The molecule has 0 radical (unpaired) electrons. The minimum Gasteiger partial charge on any atom is -0.344 e. The number of amides is 1. The molecule has 2 aromatic heterocycles. The summed E-state index contributed by atoms with van der Waals surface area (Å²) in [4.78, 5) is 19.5. The second-order valence-electron chi connectivity index (χ2n) is 8.49. The van der Waals surface area contributed by atoms with Crippen molar-refractivity contribution in [3.63, 3.8) is 0 Å². The third-order valence-corrected chi connectivity index (χ3v) is 7.12. The van der Waals surface area contributed by atoms with E-state index in [0.29, 0.717) is 0 Å². The molecule has 0 spiro atoms. The molecule has 5 nitrogen and oxygen atoms in total. The van der Waals surface area contributed by atoms with Crippen molar-refractivity contribution in [1.82, 2.24) is 19.7 Å². The van der Waals surface area contributed by atoms with Crippen LogP contribution in [0.2, 0.25) is 0 Å². The molecule has 1 aromatic carbocycles. The molecule has 3 heterocycles. The van der Waals surface area contributed by atoms with E-state index in [0.717, 1.165) is 61.8 Å². The van der Waals surface area contributed by atoms with Crippen LogP contribution in [-0.4, -0.2) is 60.0 Å². The summed E-state index contributed by atoms with van der Waals surface area (Å²) in [6.45, 7) is 9.97. The van der Waals surface area contributed by atoms with Gasteiger partial charge in [-0.15, -0.1) is 11.3 Å². The summed E-state index contributed by atoms with van der Waals surface area (Å²) in [5.74, 6) is 0.00788. The molecule has 6 heteroatoms. The number of carbonyl (C=O) groups is 1. The summed E-state index contributed by atoms with van der Waals surface area (Å²) >= 11 is 1.75.